The van der Waals surface area contributed by atoms with Crippen LogP contribution >= 0.6 is 11.6 Å². The third-order valence-corrected chi connectivity index (χ3v) is 0.936. The SMILES string of the molecule is CCOC=O.Clc1ccco1. The van der Waals surface area contributed by atoms with E-state index in [4.69, 9.17) is 11.6 Å². The van der Waals surface area contributed by atoms with Crippen molar-refractivity contribution in [3.05, 3.63) is 23.6 Å². The van der Waals surface area contributed by atoms with Crippen molar-refractivity contribution in [2.75, 3.05) is 6.61 Å². The van der Waals surface area contributed by atoms with Gasteiger partial charge in [-0.1, -0.05) is 0 Å². The molecule has 0 aromatic carbocycles. The molecule has 0 atom stereocenters. The highest BCUT2D eigenvalue weighted by molar-refractivity contribution is 6.28. The van der Waals surface area contributed by atoms with Gasteiger partial charge in [-0.3, -0.25) is 4.79 Å². The third kappa shape index (κ3) is 6.93. The van der Waals surface area contributed by atoms with E-state index in [2.05, 4.69) is 9.15 Å². The molecule has 1 aromatic rings. The van der Waals surface area contributed by atoms with Gasteiger partial charge < -0.3 is 9.15 Å². The Labute approximate surface area is 69.9 Å². The van der Waals surface area contributed by atoms with Crippen molar-refractivity contribution in [3.63, 3.8) is 0 Å². The minimum absolute atomic E-state index is 0.431. The molecule has 0 fully saturated rings. The fraction of sp³-hybridized carbons (Fsp3) is 0.286. The summed E-state index contributed by atoms with van der Waals surface area (Å²) in [5.74, 6) is 0. The van der Waals surface area contributed by atoms with E-state index < -0.39 is 0 Å². The zero-order valence-electron chi connectivity index (χ0n) is 6.12. The highest BCUT2D eigenvalue weighted by Gasteiger charge is 1.79. The standard InChI is InChI=1S/C4H3ClO.C3H6O2/c5-4-2-1-3-6-4;1-2-5-3-4/h1-3H;3H,2H2,1H3. The van der Waals surface area contributed by atoms with Crippen LogP contribution in [0.5, 0.6) is 0 Å². The van der Waals surface area contributed by atoms with E-state index in [0.717, 1.165) is 0 Å². The van der Waals surface area contributed by atoms with Gasteiger partial charge in [-0.15, -0.1) is 0 Å². The number of hydrogen-bond donors (Lipinski definition) is 0. The second-order valence-electron chi connectivity index (χ2n) is 1.47. The fourth-order valence-electron chi connectivity index (χ4n) is 0.327. The summed E-state index contributed by atoms with van der Waals surface area (Å²) in [5.41, 5.74) is 0. The molecule has 3 nitrogen and oxygen atoms in total. The average molecular weight is 177 g/mol. The highest BCUT2D eigenvalue weighted by Crippen LogP contribution is 2.04. The normalized spacial score (nSPS) is 7.82. The highest BCUT2D eigenvalue weighted by atomic mass is 35.5. The van der Waals surface area contributed by atoms with Crippen LogP contribution < -0.4 is 0 Å². The summed E-state index contributed by atoms with van der Waals surface area (Å²) in [7, 11) is 0. The Kier molecular flexibility index (Phi) is 6.53. The molecule has 0 N–H and O–H groups in total. The number of hydrogen-bond acceptors (Lipinski definition) is 3. The zero-order chi connectivity index (χ0) is 8.53. The van der Waals surface area contributed by atoms with Crippen LogP contribution in [-0.4, -0.2) is 13.1 Å². The monoisotopic (exact) mass is 176 g/mol. The number of furan rings is 1. The quantitative estimate of drug-likeness (QED) is 0.648. The Morgan fingerprint density at radius 3 is 2.64 bits per heavy atom. The van der Waals surface area contributed by atoms with Gasteiger partial charge in [-0.05, 0) is 30.7 Å². The van der Waals surface area contributed by atoms with Gasteiger partial charge in [-0.25, -0.2) is 0 Å². The maximum absolute atomic E-state index is 9.18. The van der Waals surface area contributed by atoms with Crippen LogP contribution in [0.4, 0.5) is 0 Å². The first-order valence-corrected chi connectivity index (χ1v) is 3.43. The maximum Gasteiger partial charge on any atom is 0.293 e. The van der Waals surface area contributed by atoms with Crippen molar-refractivity contribution in [1.82, 2.24) is 0 Å². The molecule has 0 aliphatic heterocycles. The molecule has 0 aliphatic carbocycles. The van der Waals surface area contributed by atoms with Gasteiger partial charge in [-0.2, -0.15) is 0 Å². The van der Waals surface area contributed by atoms with E-state index >= 15 is 0 Å². The topological polar surface area (TPSA) is 39.4 Å². The van der Waals surface area contributed by atoms with Gasteiger partial charge >= 0.3 is 0 Å². The average Bonchev–Trinajstić information content (AvgIpc) is 2.43. The molecular weight excluding hydrogens is 168 g/mol. The van der Waals surface area contributed by atoms with Crippen LogP contribution in [-0.2, 0) is 9.53 Å². The van der Waals surface area contributed by atoms with E-state index in [1.54, 1.807) is 19.1 Å². The molecular formula is C7H9ClO3. The second kappa shape index (κ2) is 7.15. The first kappa shape index (κ1) is 10.0. The van der Waals surface area contributed by atoms with Gasteiger partial charge in [0, 0.05) is 0 Å². The second-order valence-corrected chi connectivity index (χ2v) is 1.84. The van der Waals surface area contributed by atoms with Crippen molar-refractivity contribution in [2.24, 2.45) is 0 Å². The minimum atomic E-state index is 0.431. The Balaban J connectivity index is 0.000000187. The van der Waals surface area contributed by atoms with Crippen LogP contribution in [0.3, 0.4) is 0 Å². The van der Waals surface area contributed by atoms with E-state index in [9.17, 15) is 4.79 Å². The molecule has 0 spiro atoms. The summed E-state index contributed by atoms with van der Waals surface area (Å²) < 4.78 is 8.75. The molecule has 11 heavy (non-hydrogen) atoms. The van der Waals surface area contributed by atoms with E-state index in [0.29, 0.717) is 18.3 Å². The predicted molar refractivity (Wildman–Crippen MR) is 41.4 cm³/mol. The Hall–Kier alpha value is -0.960. The predicted octanol–water partition coefficient (Wildman–Crippen LogP) is 2.11. The van der Waals surface area contributed by atoms with Crippen LogP contribution in [0.15, 0.2) is 22.8 Å². The van der Waals surface area contributed by atoms with Crippen LogP contribution in [0.2, 0.25) is 5.22 Å². The molecule has 1 heterocycles. The molecule has 0 saturated heterocycles. The molecule has 62 valence electrons. The molecule has 4 heteroatoms. The maximum atomic E-state index is 9.18. The van der Waals surface area contributed by atoms with Crippen molar-refractivity contribution in [3.8, 4) is 0 Å². The number of rotatable bonds is 2. The smallest absolute Gasteiger partial charge is 0.293 e. The van der Waals surface area contributed by atoms with Crippen LogP contribution in [0.1, 0.15) is 6.92 Å². The molecule has 0 aliphatic rings. The lowest BCUT2D eigenvalue weighted by molar-refractivity contribution is -0.128. The summed E-state index contributed by atoms with van der Waals surface area (Å²) in [6.07, 6.45) is 1.53. The van der Waals surface area contributed by atoms with E-state index in [1.807, 2.05) is 0 Å². The zero-order valence-corrected chi connectivity index (χ0v) is 6.88. The summed E-state index contributed by atoms with van der Waals surface area (Å²) in [4.78, 5) is 9.18. The Bertz CT molecular complexity index is 172. The Morgan fingerprint density at radius 1 is 1.82 bits per heavy atom. The van der Waals surface area contributed by atoms with Crippen molar-refractivity contribution < 1.29 is 13.9 Å². The van der Waals surface area contributed by atoms with E-state index in [-0.39, 0.29) is 0 Å². The molecule has 1 aromatic heterocycles. The number of carbonyl (C=O) groups is 1. The largest absolute Gasteiger partial charge is 0.468 e. The summed E-state index contributed by atoms with van der Waals surface area (Å²) >= 11 is 5.29. The molecule has 0 amide bonds. The van der Waals surface area contributed by atoms with Gasteiger partial charge in [0.15, 0.2) is 5.22 Å². The van der Waals surface area contributed by atoms with Gasteiger partial charge in [0.2, 0.25) is 0 Å². The van der Waals surface area contributed by atoms with Gasteiger partial charge in [0.25, 0.3) is 6.47 Å². The van der Waals surface area contributed by atoms with Crippen molar-refractivity contribution in [1.29, 1.82) is 0 Å². The Morgan fingerprint density at radius 2 is 2.55 bits per heavy atom. The number of halogens is 1. The van der Waals surface area contributed by atoms with Crippen LogP contribution in [0, 0.1) is 0 Å². The summed E-state index contributed by atoms with van der Waals surface area (Å²) in [6, 6.07) is 3.42. The molecule has 1 rings (SSSR count). The minimum Gasteiger partial charge on any atom is -0.468 e. The van der Waals surface area contributed by atoms with E-state index in [1.165, 1.54) is 6.26 Å². The van der Waals surface area contributed by atoms with Crippen molar-refractivity contribution >= 4 is 18.1 Å². The molecule has 0 saturated carbocycles. The first-order chi connectivity index (χ1) is 5.31. The lowest BCUT2D eigenvalue weighted by Crippen LogP contribution is -1.80. The van der Waals surface area contributed by atoms with Crippen molar-refractivity contribution in [2.45, 2.75) is 6.92 Å². The summed E-state index contributed by atoms with van der Waals surface area (Å²) in [5, 5.41) is 0.440. The van der Waals surface area contributed by atoms with Gasteiger partial charge in [0.05, 0.1) is 12.9 Å². The third-order valence-electron chi connectivity index (χ3n) is 0.721. The van der Waals surface area contributed by atoms with Gasteiger partial charge in [0.1, 0.15) is 0 Å². The fourth-order valence-corrected chi connectivity index (χ4v) is 0.451. The number of ether oxygens (including phenoxy) is 1. The molecule has 0 bridgehead atoms. The number of carbonyl (C=O) groups excluding carboxylic acids is 1. The first-order valence-electron chi connectivity index (χ1n) is 3.05. The van der Waals surface area contributed by atoms with Crippen LogP contribution in [0.25, 0.3) is 0 Å². The summed E-state index contributed by atoms with van der Waals surface area (Å²) in [6.45, 7) is 2.66. The molecule has 0 radical (unpaired) electrons. The lowest BCUT2D eigenvalue weighted by Gasteiger charge is -1.79. The lowest BCUT2D eigenvalue weighted by atomic mass is 10.7. The molecule has 0 unspecified atom stereocenters.